The van der Waals surface area contributed by atoms with Crippen LogP contribution in [0.5, 0.6) is 0 Å². The molecule has 0 aliphatic carbocycles. The van der Waals surface area contributed by atoms with Gasteiger partial charge in [-0.25, -0.2) is 4.98 Å². The lowest BCUT2D eigenvalue weighted by atomic mass is 10.1. The number of nitrogens with zero attached hydrogens (tertiary/aromatic N) is 1. The second-order valence-corrected chi connectivity index (χ2v) is 4.67. The Morgan fingerprint density at radius 1 is 1.36 bits per heavy atom. The third-order valence-corrected chi connectivity index (χ3v) is 3.43. The van der Waals surface area contributed by atoms with Gasteiger partial charge in [-0.3, -0.25) is 0 Å². The molecule has 0 unspecified atom stereocenters. The highest BCUT2D eigenvalue weighted by atomic mass is 79.9. The van der Waals surface area contributed by atoms with Crippen LogP contribution >= 0.6 is 27.3 Å². The van der Waals surface area contributed by atoms with Gasteiger partial charge in [0.05, 0.1) is 10.7 Å². The van der Waals surface area contributed by atoms with Crippen LogP contribution in [-0.2, 0) is 5.33 Å². The van der Waals surface area contributed by atoms with Gasteiger partial charge in [0.1, 0.15) is 0 Å². The summed E-state index contributed by atoms with van der Waals surface area (Å²) in [6, 6.07) is 8.35. The van der Waals surface area contributed by atoms with Crippen LogP contribution in [0, 0.1) is 6.92 Å². The summed E-state index contributed by atoms with van der Waals surface area (Å²) >= 11 is 5.18. The normalized spacial score (nSPS) is 10.4. The molecular formula is C11H10BrNS. The molecule has 0 amide bonds. The number of thiazole rings is 1. The molecule has 0 saturated carbocycles. The Morgan fingerprint density at radius 3 is 2.79 bits per heavy atom. The maximum atomic E-state index is 4.49. The van der Waals surface area contributed by atoms with Gasteiger partial charge < -0.3 is 0 Å². The third kappa shape index (κ3) is 1.88. The van der Waals surface area contributed by atoms with Crippen molar-refractivity contribution in [2.75, 3.05) is 0 Å². The summed E-state index contributed by atoms with van der Waals surface area (Å²) in [7, 11) is 0. The fourth-order valence-electron chi connectivity index (χ4n) is 1.37. The summed E-state index contributed by atoms with van der Waals surface area (Å²) in [6.45, 7) is 2.03. The van der Waals surface area contributed by atoms with Gasteiger partial charge >= 0.3 is 0 Å². The van der Waals surface area contributed by atoms with Crippen molar-refractivity contribution in [3.8, 4) is 11.3 Å². The molecule has 0 aliphatic heterocycles. The van der Waals surface area contributed by atoms with Crippen molar-refractivity contribution in [2.24, 2.45) is 0 Å². The molecule has 0 fully saturated rings. The van der Waals surface area contributed by atoms with Crippen LogP contribution in [0.25, 0.3) is 11.3 Å². The average molecular weight is 268 g/mol. The minimum atomic E-state index is 0.875. The first-order valence-electron chi connectivity index (χ1n) is 4.37. The SMILES string of the molecule is Cc1nc(-c2ccccc2CBr)cs1. The van der Waals surface area contributed by atoms with E-state index in [0.29, 0.717) is 0 Å². The topological polar surface area (TPSA) is 12.9 Å². The molecule has 1 aromatic heterocycles. The van der Waals surface area contributed by atoms with E-state index in [9.17, 15) is 0 Å². The monoisotopic (exact) mass is 267 g/mol. The Kier molecular flexibility index (Phi) is 2.99. The molecule has 0 N–H and O–H groups in total. The van der Waals surface area contributed by atoms with Crippen molar-refractivity contribution >= 4 is 27.3 Å². The van der Waals surface area contributed by atoms with Gasteiger partial charge in [-0.1, -0.05) is 40.2 Å². The summed E-state index contributed by atoms with van der Waals surface area (Å²) < 4.78 is 0. The summed E-state index contributed by atoms with van der Waals surface area (Å²) in [4.78, 5) is 4.49. The number of hydrogen-bond acceptors (Lipinski definition) is 2. The first-order chi connectivity index (χ1) is 6.81. The molecule has 1 nitrogen and oxygen atoms in total. The van der Waals surface area contributed by atoms with E-state index in [1.165, 1.54) is 11.1 Å². The Hall–Kier alpha value is -0.670. The second-order valence-electron chi connectivity index (χ2n) is 3.04. The highest BCUT2D eigenvalue weighted by molar-refractivity contribution is 9.08. The van der Waals surface area contributed by atoms with Crippen LogP contribution in [0.3, 0.4) is 0 Å². The van der Waals surface area contributed by atoms with E-state index < -0.39 is 0 Å². The average Bonchev–Trinajstić information content (AvgIpc) is 2.65. The highest BCUT2D eigenvalue weighted by Gasteiger charge is 2.05. The summed E-state index contributed by atoms with van der Waals surface area (Å²) in [5.74, 6) is 0. The molecule has 1 heterocycles. The van der Waals surface area contributed by atoms with Crippen LogP contribution in [0.1, 0.15) is 10.6 Å². The maximum absolute atomic E-state index is 4.49. The predicted octanol–water partition coefficient (Wildman–Crippen LogP) is 4.01. The van der Waals surface area contributed by atoms with Gasteiger partial charge in [0.25, 0.3) is 0 Å². The van der Waals surface area contributed by atoms with Crippen molar-refractivity contribution in [3.05, 3.63) is 40.2 Å². The van der Waals surface area contributed by atoms with E-state index in [0.717, 1.165) is 16.0 Å². The smallest absolute Gasteiger partial charge is 0.0901 e. The first kappa shape index (κ1) is 9.87. The number of rotatable bonds is 2. The first-order valence-corrected chi connectivity index (χ1v) is 6.38. The van der Waals surface area contributed by atoms with Crippen molar-refractivity contribution in [2.45, 2.75) is 12.3 Å². The summed E-state index contributed by atoms with van der Waals surface area (Å²) in [6.07, 6.45) is 0. The lowest BCUT2D eigenvalue weighted by Crippen LogP contribution is -1.85. The van der Waals surface area contributed by atoms with Gasteiger partial charge in [0.2, 0.25) is 0 Å². The van der Waals surface area contributed by atoms with E-state index in [2.05, 4.69) is 50.6 Å². The van der Waals surface area contributed by atoms with Crippen LogP contribution in [0.15, 0.2) is 29.6 Å². The maximum Gasteiger partial charge on any atom is 0.0901 e. The fourth-order valence-corrected chi connectivity index (χ4v) is 2.48. The zero-order valence-electron chi connectivity index (χ0n) is 7.83. The molecule has 14 heavy (non-hydrogen) atoms. The number of benzene rings is 1. The standard InChI is InChI=1S/C11H10BrNS/c1-8-13-11(7-14-8)10-5-3-2-4-9(10)6-12/h2-5,7H,6H2,1H3. The molecule has 0 saturated heterocycles. The molecule has 1 aromatic carbocycles. The Morgan fingerprint density at radius 2 is 2.14 bits per heavy atom. The molecular weight excluding hydrogens is 258 g/mol. The summed E-state index contributed by atoms with van der Waals surface area (Å²) in [5, 5.41) is 4.10. The van der Waals surface area contributed by atoms with Gasteiger partial charge in [0, 0.05) is 16.3 Å². The zero-order valence-corrected chi connectivity index (χ0v) is 10.2. The third-order valence-electron chi connectivity index (χ3n) is 2.06. The minimum absolute atomic E-state index is 0.875. The van der Waals surface area contributed by atoms with Gasteiger partial charge in [-0.05, 0) is 12.5 Å². The van der Waals surface area contributed by atoms with E-state index in [-0.39, 0.29) is 0 Å². The Labute approximate surface area is 95.9 Å². The molecule has 3 heteroatoms. The molecule has 0 atom stereocenters. The Bertz CT molecular complexity index is 436. The van der Waals surface area contributed by atoms with E-state index >= 15 is 0 Å². The quantitative estimate of drug-likeness (QED) is 0.750. The summed E-state index contributed by atoms with van der Waals surface area (Å²) in [5.41, 5.74) is 3.61. The van der Waals surface area contributed by atoms with Crippen molar-refractivity contribution < 1.29 is 0 Å². The minimum Gasteiger partial charge on any atom is -0.242 e. The lowest BCUT2D eigenvalue weighted by molar-refractivity contribution is 1.28. The largest absolute Gasteiger partial charge is 0.242 e. The molecule has 0 spiro atoms. The second kappa shape index (κ2) is 4.24. The van der Waals surface area contributed by atoms with Crippen molar-refractivity contribution in [1.29, 1.82) is 0 Å². The number of aryl methyl sites for hydroxylation is 1. The molecule has 2 aromatic rings. The van der Waals surface area contributed by atoms with Gasteiger partial charge in [-0.15, -0.1) is 11.3 Å². The van der Waals surface area contributed by atoms with Crippen molar-refractivity contribution in [3.63, 3.8) is 0 Å². The van der Waals surface area contributed by atoms with Crippen LogP contribution in [-0.4, -0.2) is 4.98 Å². The van der Waals surface area contributed by atoms with Crippen LogP contribution in [0.2, 0.25) is 0 Å². The van der Waals surface area contributed by atoms with E-state index in [1.54, 1.807) is 11.3 Å². The number of halogens is 1. The Balaban J connectivity index is 2.50. The number of hydrogen-bond donors (Lipinski definition) is 0. The number of aromatic nitrogens is 1. The highest BCUT2D eigenvalue weighted by Crippen LogP contribution is 2.26. The predicted molar refractivity (Wildman–Crippen MR) is 64.9 cm³/mol. The molecule has 0 bridgehead atoms. The van der Waals surface area contributed by atoms with E-state index in [4.69, 9.17) is 0 Å². The fraction of sp³-hybridized carbons (Fsp3) is 0.182. The van der Waals surface area contributed by atoms with Gasteiger partial charge in [0.15, 0.2) is 0 Å². The molecule has 2 rings (SSSR count). The number of alkyl halides is 1. The molecule has 72 valence electrons. The van der Waals surface area contributed by atoms with E-state index in [1.807, 2.05) is 6.92 Å². The molecule has 0 radical (unpaired) electrons. The lowest BCUT2D eigenvalue weighted by Gasteiger charge is -2.02. The van der Waals surface area contributed by atoms with Crippen LogP contribution in [0.4, 0.5) is 0 Å². The van der Waals surface area contributed by atoms with Crippen LogP contribution < -0.4 is 0 Å². The zero-order chi connectivity index (χ0) is 9.97. The van der Waals surface area contributed by atoms with Crippen molar-refractivity contribution in [1.82, 2.24) is 4.98 Å². The van der Waals surface area contributed by atoms with Gasteiger partial charge in [-0.2, -0.15) is 0 Å². The molecule has 0 aliphatic rings.